The minimum absolute atomic E-state index is 1.29. The molecule has 0 fully saturated rings. The van der Waals surface area contributed by atoms with Gasteiger partial charge in [-0.1, -0.05) is 66.7 Å². The summed E-state index contributed by atoms with van der Waals surface area (Å²) in [5, 5.41) is 5.23. The first-order chi connectivity index (χ1) is 10.3. The van der Waals surface area contributed by atoms with E-state index in [-0.39, 0.29) is 0 Å². The average molecular weight is 268 g/mol. The second-order valence-electron chi connectivity index (χ2n) is 5.54. The summed E-state index contributed by atoms with van der Waals surface area (Å²) >= 11 is 0. The number of aryl methyl sites for hydroxylation is 1. The Morgan fingerprint density at radius 2 is 1.24 bits per heavy atom. The Morgan fingerprint density at radius 1 is 0.571 bits per heavy atom. The third-order valence-corrected chi connectivity index (χ3v) is 4.16. The smallest absolute Gasteiger partial charge is 0.00759 e. The number of hydrogen-bond donors (Lipinski definition) is 0. The molecule has 4 rings (SSSR count). The Bertz CT molecular complexity index is 934. The normalized spacial score (nSPS) is 11.1. The van der Waals surface area contributed by atoms with Crippen LogP contribution in [0.2, 0.25) is 0 Å². The molecule has 0 heteroatoms. The van der Waals surface area contributed by atoms with Crippen LogP contribution >= 0.6 is 0 Å². The molecule has 0 heterocycles. The molecule has 100 valence electrons. The molecule has 0 bridgehead atoms. The van der Waals surface area contributed by atoms with Crippen molar-refractivity contribution in [1.29, 1.82) is 0 Å². The first-order valence-corrected chi connectivity index (χ1v) is 7.30. The Morgan fingerprint density at radius 3 is 2.00 bits per heavy atom. The molecule has 0 saturated carbocycles. The van der Waals surface area contributed by atoms with Crippen molar-refractivity contribution in [2.24, 2.45) is 0 Å². The molecule has 0 aliphatic rings. The number of benzene rings is 4. The second kappa shape index (κ2) is 4.75. The topological polar surface area (TPSA) is 0 Å². The van der Waals surface area contributed by atoms with E-state index < -0.39 is 0 Å². The van der Waals surface area contributed by atoms with Gasteiger partial charge in [-0.05, 0) is 57.3 Å². The maximum absolute atomic E-state index is 2.32. The third kappa shape index (κ3) is 2.00. The van der Waals surface area contributed by atoms with Crippen molar-refractivity contribution in [2.45, 2.75) is 6.92 Å². The highest BCUT2D eigenvalue weighted by molar-refractivity contribution is 6.05. The highest BCUT2D eigenvalue weighted by Crippen LogP contribution is 2.34. The molecule has 4 aromatic carbocycles. The molecule has 0 aliphatic carbocycles. The summed E-state index contributed by atoms with van der Waals surface area (Å²) in [5.41, 5.74) is 3.96. The highest BCUT2D eigenvalue weighted by Gasteiger charge is 2.08. The van der Waals surface area contributed by atoms with Crippen molar-refractivity contribution >= 4 is 21.5 Å². The largest absolute Gasteiger partial charge is 0.0622 e. The first kappa shape index (κ1) is 12.2. The third-order valence-electron chi connectivity index (χ3n) is 4.16. The Balaban J connectivity index is 2.14. The van der Waals surface area contributed by atoms with Crippen molar-refractivity contribution in [1.82, 2.24) is 0 Å². The summed E-state index contributed by atoms with van der Waals surface area (Å²) in [6.45, 7) is 2.19. The molecule has 0 aromatic heterocycles. The van der Waals surface area contributed by atoms with Gasteiger partial charge < -0.3 is 0 Å². The van der Waals surface area contributed by atoms with Crippen LogP contribution in [0.5, 0.6) is 0 Å². The highest BCUT2D eigenvalue weighted by atomic mass is 14.1. The molecule has 0 nitrogen and oxygen atoms in total. The van der Waals surface area contributed by atoms with Crippen LogP contribution in [0.3, 0.4) is 0 Å². The van der Waals surface area contributed by atoms with Gasteiger partial charge in [0.05, 0.1) is 0 Å². The van der Waals surface area contributed by atoms with Gasteiger partial charge >= 0.3 is 0 Å². The van der Waals surface area contributed by atoms with Crippen molar-refractivity contribution < 1.29 is 0 Å². The van der Waals surface area contributed by atoms with Gasteiger partial charge in [0.15, 0.2) is 0 Å². The van der Waals surface area contributed by atoms with E-state index in [9.17, 15) is 0 Å². The van der Waals surface area contributed by atoms with Crippen LogP contribution in [0.1, 0.15) is 5.56 Å². The summed E-state index contributed by atoms with van der Waals surface area (Å²) < 4.78 is 0. The van der Waals surface area contributed by atoms with Gasteiger partial charge in [0.2, 0.25) is 0 Å². The van der Waals surface area contributed by atoms with Crippen molar-refractivity contribution in [3.63, 3.8) is 0 Å². The lowest BCUT2D eigenvalue weighted by molar-refractivity contribution is 1.49. The number of rotatable bonds is 1. The van der Waals surface area contributed by atoms with E-state index in [1.807, 2.05) is 0 Å². The Labute approximate surface area is 124 Å². The maximum atomic E-state index is 2.32. The SMILES string of the molecule is Cc1ccc2cc3ccccc3cc2c1-c1ccccc1. The minimum atomic E-state index is 1.29. The van der Waals surface area contributed by atoms with E-state index in [1.165, 1.54) is 38.2 Å². The molecule has 4 aromatic rings. The zero-order chi connectivity index (χ0) is 14.2. The Kier molecular flexibility index (Phi) is 2.75. The quantitative estimate of drug-likeness (QED) is 0.373. The summed E-state index contributed by atoms with van der Waals surface area (Å²) in [7, 11) is 0. The second-order valence-corrected chi connectivity index (χ2v) is 5.54. The van der Waals surface area contributed by atoms with Gasteiger partial charge in [0.25, 0.3) is 0 Å². The maximum Gasteiger partial charge on any atom is -0.00759 e. The summed E-state index contributed by atoms with van der Waals surface area (Å²) in [6.07, 6.45) is 0. The summed E-state index contributed by atoms with van der Waals surface area (Å²) in [5.74, 6) is 0. The van der Waals surface area contributed by atoms with E-state index in [0.717, 1.165) is 0 Å². The van der Waals surface area contributed by atoms with Gasteiger partial charge in [-0.2, -0.15) is 0 Å². The molecule has 0 saturated heterocycles. The van der Waals surface area contributed by atoms with Crippen molar-refractivity contribution in [3.8, 4) is 11.1 Å². The number of hydrogen-bond acceptors (Lipinski definition) is 0. The lowest BCUT2D eigenvalue weighted by Crippen LogP contribution is -1.86. The van der Waals surface area contributed by atoms with Crippen molar-refractivity contribution in [3.05, 3.63) is 84.4 Å². The lowest BCUT2D eigenvalue weighted by atomic mass is 9.92. The van der Waals surface area contributed by atoms with Crippen LogP contribution in [-0.2, 0) is 0 Å². The average Bonchev–Trinajstić information content (AvgIpc) is 2.54. The molecule has 0 amide bonds. The molecule has 0 unspecified atom stereocenters. The fraction of sp³-hybridized carbons (Fsp3) is 0.0476. The molecule has 0 N–H and O–H groups in total. The monoisotopic (exact) mass is 268 g/mol. The van der Waals surface area contributed by atoms with Gasteiger partial charge in [0, 0.05) is 0 Å². The predicted molar refractivity (Wildman–Crippen MR) is 91.6 cm³/mol. The van der Waals surface area contributed by atoms with Gasteiger partial charge in [-0.15, -0.1) is 0 Å². The molecule has 0 spiro atoms. The van der Waals surface area contributed by atoms with E-state index in [2.05, 4.69) is 85.8 Å². The zero-order valence-electron chi connectivity index (χ0n) is 12.0. The Hall–Kier alpha value is -2.60. The van der Waals surface area contributed by atoms with Crippen LogP contribution in [0.25, 0.3) is 32.7 Å². The molecule has 0 atom stereocenters. The summed E-state index contributed by atoms with van der Waals surface area (Å²) in [4.78, 5) is 0. The zero-order valence-corrected chi connectivity index (χ0v) is 12.0. The van der Waals surface area contributed by atoms with E-state index >= 15 is 0 Å². The summed E-state index contributed by atoms with van der Waals surface area (Å²) in [6, 6.07) is 28.3. The van der Waals surface area contributed by atoms with Gasteiger partial charge in [-0.3, -0.25) is 0 Å². The molecule has 0 aliphatic heterocycles. The van der Waals surface area contributed by atoms with Crippen LogP contribution in [0.15, 0.2) is 78.9 Å². The fourth-order valence-electron chi connectivity index (χ4n) is 3.11. The van der Waals surface area contributed by atoms with Gasteiger partial charge in [0.1, 0.15) is 0 Å². The first-order valence-electron chi connectivity index (χ1n) is 7.30. The molecular weight excluding hydrogens is 252 g/mol. The van der Waals surface area contributed by atoms with Crippen LogP contribution in [-0.4, -0.2) is 0 Å². The molecule has 21 heavy (non-hydrogen) atoms. The van der Waals surface area contributed by atoms with E-state index in [0.29, 0.717) is 0 Å². The minimum Gasteiger partial charge on any atom is -0.0622 e. The van der Waals surface area contributed by atoms with Crippen molar-refractivity contribution in [2.75, 3.05) is 0 Å². The molecule has 0 radical (unpaired) electrons. The van der Waals surface area contributed by atoms with E-state index in [1.54, 1.807) is 0 Å². The fourth-order valence-corrected chi connectivity index (χ4v) is 3.11. The van der Waals surface area contributed by atoms with Gasteiger partial charge in [-0.25, -0.2) is 0 Å². The predicted octanol–water partition coefficient (Wildman–Crippen LogP) is 5.97. The molecular formula is C21H16. The standard InChI is InChI=1S/C21H16/c1-15-11-12-19-13-17-9-5-6-10-18(17)14-20(19)21(15)16-7-3-2-4-8-16/h2-14H,1H3. The van der Waals surface area contributed by atoms with Crippen LogP contribution in [0.4, 0.5) is 0 Å². The number of fused-ring (bicyclic) bond motifs is 2. The lowest BCUT2D eigenvalue weighted by Gasteiger charge is -2.12. The van der Waals surface area contributed by atoms with Crippen LogP contribution < -0.4 is 0 Å². The van der Waals surface area contributed by atoms with E-state index in [4.69, 9.17) is 0 Å². The van der Waals surface area contributed by atoms with Crippen LogP contribution in [0, 0.1) is 6.92 Å².